The zero-order valence-electron chi connectivity index (χ0n) is 14.6. The quantitative estimate of drug-likeness (QED) is 0.824. The Morgan fingerprint density at radius 2 is 2.08 bits per heavy atom. The highest BCUT2D eigenvalue weighted by Crippen LogP contribution is 2.31. The number of fused-ring (bicyclic) bond motifs is 1. The van der Waals surface area contributed by atoms with Gasteiger partial charge in [-0.25, -0.2) is 8.42 Å². The summed E-state index contributed by atoms with van der Waals surface area (Å²) >= 11 is 1.66. The molecule has 2 heterocycles. The van der Waals surface area contributed by atoms with Crippen LogP contribution in [0.5, 0.6) is 0 Å². The van der Waals surface area contributed by atoms with Gasteiger partial charge in [-0.05, 0) is 36.6 Å². The van der Waals surface area contributed by atoms with Crippen molar-refractivity contribution in [3.63, 3.8) is 0 Å². The van der Waals surface area contributed by atoms with Gasteiger partial charge in [0.15, 0.2) is 0 Å². The molecule has 1 N–H and O–H groups in total. The van der Waals surface area contributed by atoms with Crippen molar-refractivity contribution >= 4 is 39.3 Å². The van der Waals surface area contributed by atoms with Gasteiger partial charge in [0.05, 0.1) is 24.4 Å². The third-order valence-corrected chi connectivity index (χ3v) is 6.97. The highest BCUT2D eigenvalue weighted by atomic mass is 32.2. The second kappa shape index (κ2) is 7.48. The summed E-state index contributed by atoms with van der Waals surface area (Å²) in [6.45, 7) is 0.969. The van der Waals surface area contributed by atoms with E-state index in [1.54, 1.807) is 34.9 Å². The fraction of sp³-hybridized carbons (Fsp3) is 0.529. The number of aliphatic carboxylic acids is 1. The molecule has 1 saturated heterocycles. The van der Waals surface area contributed by atoms with E-state index in [9.17, 15) is 18.0 Å². The Bertz CT molecular complexity index is 824. The first-order valence-electron chi connectivity index (χ1n) is 8.48. The van der Waals surface area contributed by atoms with Crippen molar-refractivity contribution in [1.29, 1.82) is 0 Å². The Hall–Kier alpha value is -1.74. The first-order valence-corrected chi connectivity index (χ1v) is 11.5. The first kappa shape index (κ1) is 19.0. The number of anilines is 1. The number of hydrogen-bond acceptors (Lipinski definition) is 5. The summed E-state index contributed by atoms with van der Waals surface area (Å²) in [5.74, 6) is 0.305. The van der Waals surface area contributed by atoms with Gasteiger partial charge in [0.2, 0.25) is 10.0 Å². The summed E-state index contributed by atoms with van der Waals surface area (Å²) in [4.78, 5) is 25.7. The molecule has 0 radical (unpaired) electrons. The number of carboxylic acid groups (broad SMARTS) is 1. The number of carboxylic acids is 1. The van der Waals surface area contributed by atoms with Crippen LogP contribution in [0.3, 0.4) is 0 Å². The number of hydrogen-bond donors (Lipinski definition) is 1. The van der Waals surface area contributed by atoms with Gasteiger partial charge in [-0.3, -0.25) is 13.9 Å². The highest BCUT2D eigenvalue weighted by Gasteiger charge is 2.31. The van der Waals surface area contributed by atoms with E-state index in [0.29, 0.717) is 36.5 Å². The Morgan fingerprint density at radius 1 is 1.31 bits per heavy atom. The molecular formula is C17H22N2O5S2. The van der Waals surface area contributed by atoms with Crippen LogP contribution in [0, 0.1) is 0 Å². The largest absolute Gasteiger partial charge is 0.481 e. The van der Waals surface area contributed by atoms with Crippen LogP contribution in [-0.4, -0.2) is 67.2 Å². The Kier molecular flexibility index (Phi) is 5.47. The lowest BCUT2D eigenvalue weighted by molar-refractivity contribution is -0.138. The van der Waals surface area contributed by atoms with Crippen molar-refractivity contribution in [3.05, 3.63) is 29.3 Å². The molecule has 0 saturated carbocycles. The molecule has 1 unspecified atom stereocenters. The smallest absolute Gasteiger partial charge is 0.305 e. The van der Waals surface area contributed by atoms with Gasteiger partial charge in [0.25, 0.3) is 5.91 Å². The molecule has 26 heavy (non-hydrogen) atoms. The molecule has 1 fully saturated rings. The van der Waals surface area contributed by atoms with Crippen molar-refractivity contribution in [3.8, 4) is 0 Å². The Labute approximate surface area is 157 Å². The molecule has 9 heteroatoms. The number of rotatable bonds is 4. The van der Waals surface area contributed by atoms with Crippen molar-refractivity contribution in [1.82, 2.24) is 4.90 Å². The molecule has 1 aromatic rings. The van der Waals surface area contributed by atoms with Crippen molar-refractivity contribution < 1.29 is 23.1 Å². The average molecular weight is 399 g/mol. The summed E-state index contributed by atoms with van der Waals surface area (Å²) in [7, 11) is -3.35. The number of carbonyl (C=O) groups is 2. The molecule has 2 aliphatic heterocycles. The van der Waals surface area contributed by atoms with Crippen LogP contribution in [0.25, 0.3) is 0 Å². The minimum Gasteiger partial charge on any atom is -0.481 e. The average Bonchev–Trinajstić information content (AvgIpc) is 2.59. The third-order valence-electron chi connectivity index (χ3n) is 4.70. The summed E-state index contributed by atoms with van der Waals surface area (Å²) in [6.07, 6.45) is 2.55. The topological polar surface area (TPSA) is 95.0 Å². The van der Waals surface area contributed by atoms with Gasteiger partial charge in [-0.2, -0.15) is 11.8 Å². The molecule has 0 aliphatic carbocycles. The van der Waals surface area contributed by atoms with E-state index in [4.69, 9.17) is 5.11 Å². The number of thioether (sulfide) groups is 1. The maximum absolute atomic E-state index is 12.9. The van der Waals surface area contributed by atoms with Crippen LogP contribution in [-0.2, 0) is 21.2 Å². The molecular weight excluding hydrogens is 376 g/mol. The number of benzene rings is 1. The fourth-order valence-electron chi connectivity index (χ4n) is 3.50. The van der Waals surface area contributed by atoms with Crippen LogP contribution in [0.15, 0.2) is 18.2 Å². The molecule has 0 aromatic heterocycles. The van der Waals surface area contributed by atoms with E-state index in [0.717, 1.165) is 17.7 Å². The SMILES string of the molecule is CS(=O)(=O)N1CCCc2cc(C(=O)N3CCSCC3CC(=O)O)ccc21. The molecule has 2 aliphatic rings. The maximum Gasteiger partial charge on any atom is 0.305 e. The number of carbonyl (C=O) groups excluding carboxylic acids is 1. The summed E-state index contributed by atoms with van der Waals surface area (Å²) in [6, 6.07) is 4.77. The van der Waals surface area contributed by atoms with Gasteiger partial charge < -0.3 is 10.0 Å². The molecule has 1 amide bonds. The normalized spacial score (nSPS) is 20.6. The van der Waals surface area contributed by atoms with Gasteiger partial charge in [0, 0.05) is 30.2 Å². The molecule has 7 nitrogen and oxygen atoms in total. The lowest BCUT2D eigenvalue weighted by atomic mass is 10.00. The lowest BCUT2D eigenvalue weighted by Crippen LogP contribution is -2.47. The molecule has 3 rings (SSSR count). The summed E-state index contributed by atoms with van der Waals surface area (Å²) < 4.78 is 25.3. The van der Waals surface area contributed by atoms with Crippen LogP contribution < -0.4 is 4.31 Å². The van der Waals surface area contributed by atoms with E-state index in [1.165, 1.54) is 10.6 Å². The van der Waals surface area contributed by atoms with E-state index < -0.39 is 16.0 Å². The molecule has 1 aromatic carbocycles. The Morgan fingerprint density at radius 3 is 2.77 bits per heavy atom. The van der Waals surface area contributed by atoms with Crippen molar-refractivity contribution in [2.24, 2.45) is 0 Å². The minimum absolute atomic E-state index is 0.0640. The third kappa shape index (κ3) is 3.98. The van der Waals surface area contributed by atoms with E-state index >= 15 is 0 Å². The second-order valence-corrected chi connectivity index (χ2v) is 9.66. The first-order chi connectivity index (χ1) is 12.3. The van der Waals surface area contributed by atoms with Crippen LogP contribution in [0.4, 0.5) is 5.69 Å². The Balaban J connectivity index is 1.87. The molecule has 142 valence electrons. The lowest BCUT2D eigenvalue weighted by Gasteiger charge is -2.35. The van der Waals surface area contributed by atoms with Gasteiger partial charge in [-0.1, -0.05) is 0 Å². The number of amides is 1. The van der Waals surface area contributed by atoms with Crippen LogP contribution in [0.1, 0.15) is 28.8 Å². The van der Waals surface area contributed by atoms with E-state index in [1.807, 2.05) is 0 Å². The minimum atomic E-state index is -3.35. The predicted octanol–water partition coefficient (Wildman–Crippen LogP) is 1.43. The van der Waals surface area contributed by atoms with Crippen molar-refractivity contribution in [2.45, 2.75) is 25.3 Å². The highest BCUT2D eigenvalue weighted by molar-refractivity contribution is 7.99. The predicted molar refractivity (Wildman–Crippen MR) is 101 cm³/mol. The summed E-state index contributed by atoms with van der Waals surface area (Å²) in [5, 5.41) is 9.09. The molecule has 0 bridgehead atoms. The van der Waals surface area contributed by atoms with Crippen LogP contribution >= 0.6 is 11.8 Å². The summed E-state index contributed by atoms with van der Waals surface area (Å²) in [5.41, 5.74) is 1.96. The standard InChI is InChI=1S/C17H22N2O5S2/c1-26(23,24)19-6-2-3-12-9-13(4-5-15(12)19)17(22)18-7-8-25-11-14(18)10-16(20)21/h4-5,9,14H,2-3,6-8,10-11H2,1H3,(H,20,21). The van der Waals surface area contributed by atoms with Crippen molar-refractivity contribution in [2.75, 3.05) is 35.2 Å². The second-order valence-electron chi connectivity index (χ2n) is 6.61. The van der Waals surface area contributed by atoms with Gasteiger partial charge >= 0.3 is 5.97 Å². The number of aryl methyl sites for hydroxylation is 1. The fourth-order valence-corrected chi connectivity index (χ4v) is 5.56. The van der Waals surface area contributed by atoms with Crippen LogP contribution in [0.2, 0.25) is 0 Å². The molecule has 1 atom stereocenters. The maximum atomic E-state index is 12.9. The van der Waals surface area contributed by atoms with E-state index in [-0.39, 0.29) is 18.4 Å². The number of nitrogens with zero attached hydrogens (tertiary/aromatic N) is 2. The van der Waals surface area contributed by atoms with Gasteiger partial charge in [-0.15, -0.1) is 0 Å². The monoisotopic (exact) mass is 398 g/mol. The van der Waals surface area contributed by atoms with E-state index in [2.05, 4.69) is 0 Å². The zero-order chi connectivity index (χ0) is 18.9. The van der Waals surface area contributed by atoms with Gasteiger partial charge in [0.1, 0.15) is 0 Å². The number of sulfonamides is 1. The zero-order valence-corrected chi connectivity index (χ0v) is 16.2. The molecule has 0 spiro atoms.